The number of piperidine rings is 1. The Morgan fingerprint density at radius 1 is 1.28 bits per heavy atom. The van der Waals surface area contributed by atoms with Crippen LogP contribution in [0.2, 0.25) is 0 Å². The Morgan fingerprint density at radius 2 is 2.00 bits per heavy atom. The minimum Gasteiger partial charge on any atom is -0.315 e. The summed E-state index contributed by atoms with van der Waals surface area (Å²) in [7, 11) is -3.05. The summed E-state index contributed by atoms with van der Waals surface area (Å²) in [6.45, 7) is 1.47. The van der Waals surface area contributed by atoms with Crippen molar-refractivity contribution >= 4 is 9.84 Å². The number of rotatable bonds is 4. The van der Waals surface area contributed by atoms with Crippen LogP contribution in [0.5, 0.6) is 0 Å². The van der Waals surface area contributed by atoms with Crippen LogP contribution < -0.4 is 5.32 Å². The third-order valence-electron chi connectivity index (χ3n) is 3.35. The lowest BCUT2D eigenvalue weighted by Gasteiger charge is -2.22. The lowest BCUT2D eigenvalue weighted by Crippen LogP contribution is -2.40. The summed E-state index contributed by atoms with van der Waals surface area (Å²) in [6.07, 6.45) is 2.12. The van der Waals surface area contributed by atoms with E-state index < -0.39 is 9.84 Å². The van der Waals surface area contributed by atoms with Crippen LogP contribution in [0, 0.1) is 5.82 Å². The molecule has 1 atom stereocenters. The van der Waals surface area contributed by atoms with Crippen LogP contribution in [-0.2, 0) is 16.3 Å². The predicted molar refractivity (Wildman–Crippen MR) is 69.8 cm³/mol. The maximum atomic E-state index is 12.7. The Balaban J connectivity index is 1.94. The molecule has 0 radical (unpaired) electrons. The number of benzene rings is 1. The molecule has 3 nitrogen and oxygen atoms in total. The number of hydrogen-bond acceptors (Lipinski definition) is 3. The van der Waals surface area contributed by atoms with Crippen LogP contribution in [-0.4, -0.2) is 32.5 Å². The first kappa shape index (κ1) is 13.5. The number of hydrogen-bond donors (Lipinski definition) is 1. The van der Waals surface area contributed by atoms with Crippen molar-refractivity contribution in [1.82, 2.24) is 5.32 Å². The molecular formula is C13H18FNO2S. The Bertz CT molecular complexity index is 478. The summed E-state index contributed by atoms with van der Waals surface area (Å²) in [5, 5.41) is 2.86. The molecule has 5 heteroatoms. The number of aryl methyl sites for hydroxylation is 1. The van der Waals surface area contributed by atoms with E-state index in [4.69, 9.17) is 0 Å². The smallest absolute Gasteiger partial charge is 0.154 e. The first-order valence-corrected chi connectivity index (χ1v) is 7.96. The zero-order valence-electron chi connectivity index (χ0n) is 10.2. The standard InChI is InChI=1S/C13H18FNO2S/c14-12-5-3-11(4-6-12)7-9-18(16,17)13-2-1-8-15-10-13/h3-6,13,15H,1-2,7-10H2. The predicted octanol–water partition coefficient (Wildman–Crippen LogP) is 1.54. The SMILES string of the molecule is O=S(=O)(CCc1ccc(F)cc1)C1CCCNC1. The van der Waals surface area contributed by atoms with Gasteiger partial charge in [0.1, 0.15) is 5.82 Å². The number of sulfone groups is 1. The molecule has 1 aromatic rings. The zero-order chi connectivity index (χ0) is 13.0. The fourth-order valence-corrected chi connectivity index (χ4v) is 3.96. The minimum absolute atomic E-state index is 0.144. The van der Waals surface area contributed by atoms with Gasteiger partial charge in [-0.3, -0.25) is 0 Å². The third kappa shape index (κ3) is 3.53. The molecule has 18 heavy (non-hydrogen) atoms. The summed E-state index contributed by atoms with van der Waals surface area (Å²) in [4.78, 5) is 0. The Hall–Kier alpha value is -0.940. The molecular weight excluding hydrogens is 253 g/mol. The molecule has 1 aromatic carbocycles. The van der Waals surface area contributed by atoms with Crippen LogP contribution >= 0.6 is 0 Å². The molecule has 0 spiro atoms. The summed E-state index contributed by atoms with van der Waals surface area (Å²) >= 11 is 0. The topological polar surface area (TPSA) is 46.2 Å². The summed E-state index contributed by atoms with van der Waals surface area (Å²) < 4.78 is 36.9. The molecule has 0 aliphatic carbocycles. The molecule has 0 amide bonds. The zero-order valence-corrected chi connectivity index (χ0v) is 11.0. The van der Waals surface area contributed by atoms with Crippen LogP contribution in [0.15, 0.2) is 24.3 Å². The van der Waals surface area contributed by atoms with E-state index in [1.54, 1.807) is 12.1 Å². The van der Waals surface area contributed by atoms with Gasteiger partial charge < -0.3 is 5.32 Å². The van der Waals surface area contributed by atoms with Gasteiger partial charge in [-0.25, -0.2) is 12.8 Å². The quantitative estimate of drug-likeness (QED) is 0.903. The van der Waals surface area contributed by atoms with Gasteiger partial charge in [0, 0.05) is 6.54 Å². The lowest BCUT2D eigenvalue weighted by atomic mass is 10.2. The van der Waals surface area contributed by atoms with Crippen molar-refractivity contribution in [3.8, 4) is 0 Å². The first-order chi connectivity index (χ1) is 8.58. The maximum Gasteiger partial charge on any atom is 0.154 e. The van der Waals surface area contributed by atoms with E-state index in [9.17, 15) is 12.8 Å². The van der Waals surface area contributed by atoms with Crippen molar-refractivity contribution in [1.29, 1.82) is 0 Å². The lowest BCUT2D eigenvalue weighted by molar-refractivity contribution is 0.496. The third-order valence-corrected chi connectivity index (χ3v) is 5.54. The Morgan fingerprint density at radius 3 is 2.61 bits per heavy atom. The molecule has 0 saturated carbocycles. The summed E-state index contributed by atoms with van der Waals surface area (Å²) in [5.41, 5.74) is 0.865. The normalized spacial score (nSPS) is 20.8. The van der Waals surface area contributed by atoms with Crippen LogP contribution in [0.3, 0.4) is 0 Å². The van der Waals surface area contributed by atoms with Crippen LogP contribution in [0.1, 0.15) is 18.4 Å². The van der Waals surface area contributed by atoms with E-state index in [0.717, 1.165) is 24.9 Å². The van der Waals surface area contributed by atoms with Gasteiger partial charge in [0.25, 0.3) is 0 Å². The monoisotopic (exact) mass is 271 g/mol. The molecule has 1 N–H and O–H groups in total. The molecule has 0 aromatic heterocycles. The highest BCUT2D eigenvalue weighted by Crippen LogP contribution is 2.14. The van der Waals surface area contributed by atoms with Gasteiger partial charge in [-0.2, -0.15) is 0 Å². The van der Waals surface area contributed by atoms with Gasteiger partial charge in [0.2, 0.25) is 0 Å². The van der Waals surface area contributed by atoms with Gasteiger partial charge in [-0.15, -0.1) is 0 Å². The van der Waals surface area contributed by atoms with E-state index in [1.165, 1.54) is 12.1 Å². The molecule has 1 aliphatic rings. The summed E-state index contributed by atoms with van der Waals surface area (Å²) in [6, 6.07) is 6.02. The maximum absolute atomic E-state index is 12.7. The van der Waals surface area contributed by atoms with Gasteiger partial charge in [-0.1, -0.05) is 12.1 Å². The molecule has 1 heterocycles. The van der Waals surface area contributed by atoms with Crippen molar-refractivity contribution in [2.75, 3.05) is 18.8 Å². The number of halogens is 1. The minimum atomic E-state index is -3.05. The average Bonchev–Trinajstić information content (AvgIpc) is 2.39. The van der Waals surface area contributed by atoms with Gasteiger partial charge in [-0.05, 0) is 43.5 Å². The van der Waals surface area contributed by atoms with Crippen molar-refractivity contribution < 1.29 is 12.8 Å². The molecule has 100 valence electrons. The van der Waals surface area contributed by atoms with Gasteiger partial charge in [0.15, 0.2) is 9.84 Å². The molecule has 1 unspecified atom stereocenters. The average molecular weight is 271 g/mol. The highest BCUT2D eigenvalue weighted by Gasteiger charge is 2.26. The highest BCUT2D eigenvalue weighted by molar-refractivity contribution is 7.92. The first-order valence-electron chi connectivity index (χ1n) is 6.25. The largest absolute Gasteiger partial charge is 0.315 e. The second-order valence-corrected chi connectivity index (χ2v) is 7.11. The highest BCUT2D eigenvalue weighted by atomic mass is 32.2. The molecule has 1 fully saturated rings. The van der Waals surface area contributed by atoms with Crippen LogP contribution in [0.4, 0.5) is 4.39 Å². The van der Waals surface area contributed by atoms with E-state index >= 15 is 0 Å². The fourth-order valence-electron chi connectivity index (χ4n) is 2.20. The second kappa shape index (κ2) is 5.80. The Kier molecular flexibility index (Phi) is 4.35. The number of nitrogens with one attached hydrogen (secondary N) is 1. The Labute approximate surface area is 107 Å². The summed E-state index contributed by atoms with van der Waals surface area (Å²) in [5.74, 6) is -0.150. The second-order valence-electron chi connectivity index (χ2n) is 4.71. The van der Waals surface area contributed by atoms with E-state index in [0.29, 0.717) is 13.0 Å². The van der Waals surface area contributed by atoms with E-state index in [2.05, 4.69) is 5.32 Å². The molecule has 1 saturated heterocycles. The molecule has 2 rings (SSSR count). The van der Waals surface area contributed by atoms with Crippen molar-refractivity contribution in [2.24, 2.45) is 0 Å². The molecule has 1 aliphatic heterocycles. The van der Waals surface area contributed by atoms with Crippen molar-refractivity contribution in [2.45, 2.75) is 24.5 Å². The van der Waals surface area contributed by atoms with Crippen LogP contribution in [0.25, 0.3) is 0 Å². The van der Waals surface area contributed by atoms with Gasteiger partial charge >= 0.3 is 0 Å². The van der Waals surface area contributed by atoms with Gasteiger partial charge in [0.05, 0.1) is 11.0 Å². The fraction of sp³-hybridized carbons (Fsp3) is 0.538. The van der Waals surface area contributed by atoms with Crippen molar-refractivity contribution in [3.63, 3.8) is 0 Å². The van der Waals surface area contributed by atoms with E-state index in [-0.39, 0.29) is 16.8 Å². The molecule has 0 bridgehead atoms. The van der Waals surface area contributed by atoms with Crippen molar-refractivity contribution in [3.05, 3.63) is 35.6 Å². The van der Waals surface area contributed by atoms with E-state index in [1.807, 2.05) is 0 Å².